The monoisotopic (exact) mass is 379 g/mol. The van der Waals surface area contributed by atoms with Crippen molar-refractivity contribution in [3.8, 4) is 34.6 Å². The van der Waals surface area contributed by atoms with E-state index in [0.717, 1.165) is 0 Å². The Morgan fingerprint density at radius 1 is 1.09 bits per heavy atom. The fourth-order valence-corrected chi connectivity index (χ4v) is 2.74. The highest BCUT2D eigenvalue weighted by Gasteiger charge is 2.23. The van der Waals surface area contributed by atoms with Crippen LogP contribution in [-0.2, 0) is 0 Å². The van der Waals surface area contributed by atoms with Crippen LogP contribution in [0.25, 0.3) is 11.3 Å². The molecule has 0 fully saturated rings. The predicted molar refractivity (Wildman–Crippen MR) is 88.4 cm³/mol. The predicted octanol–water partition coefficient (Wildman–Crippen LogP) is 1.97. The Hall–Kier alpha value is -2.73. The third-order valence-electron chi connectivity index (χ3n) is 3.09. The molecule has 1 aromatic heterocycles. The van der Waals surface area contributed by atoms with Crippen LogP contribution in [-0.4, -0.2) is 31.3 Å². The first-order valence-corrected chi connectivity index (χ1v) is 7.09. The van der Waals surface area contributed by atoms with Gasteiger partial charge >= 0.3 is 0 Å². The third-order valence-corrected chi connectivity index (χ3v) is 3.88. The van der Waals surface area contributed by atoms with Gasteiger partial charge in [0.15, 0.2) is 11.5 Å². The minimum Gasteiger partial charge on any atom is -0.493 e. The molecule has 0 aliphatic heterocycles. The second-order valence-electron chi connectivity index (χ2n) is 4.31. The van der Waals surface area contributed by atoms with Crippen LogP contribution in [0, 0.1) is 11.3 Å². The fourth-order valence-electron chi connectivity index (χ4n) is 2.09. The van der Waals surface area contributed by atoms with Crippen molar-refractivity contribution in [2.45, 2.75) is 0 Å². The number of nitrogens with two attached hydrogens (primary N) is 2. The Labute approximate surface area is 141 Å². The van der Waals surface area contributed by atoms with E-state index in [-0.39, 0.29) is 23.0 Å². The molecular formula is C14H14BrN5O3. The molecule has 0 unspecified atom stereocenters. The average Bonchev–Trinajstić information content (AvgIpc) is 2.53. The summed E-state index contributed by atoms with van der Waals surface area (Å²) in [4.78, 5) is 7.92. The molecule has 23 heavy (non-hydrogen) atoms. The number of nitrogen functional groups attached to an aromatic ring is 2. The second kappa shape index (κ2) is 6.58. The van der Waals surface area contributed by atoms with Gasteiger partial charge in [-0.05, 0) is 22.0 Å². The Kier molecular flexibility index (Phi) is 4.76. The van der Waals surface area contributed by atoms with E-state index in [1.54, 1.807) is 6.07 Å². The van der Waals surface area contributed by atoms with Gasteiger partial charge in [-0.3, -0.25) is 0 Å². The maximum Gasteiger partial charge on any atom is 0.222 e. The molecule has 9 heteroatoms. The van der Waals surface area contributed by atoms with Gasteiger partial charge in [-0.2, -0.15) is 10.2 Å². The van der Waals surface area contributed by atoms with Gasteiger partial charge in [0.2, 0.25) is 11.7 Å². The number of methoxy groups -OCH3 is 3. The maximum atomic E-state index is 9.34. The molecule has 1 aromatic carbocycles. The summed E-state index contributed by atoms with van der Waals surface area (Å²) in [6.45, 7) is 0. The van der Waals surface area contributed by atoms with Gasteiger partial charge in [-0.15, -0.1) is 0 Å². The highest BCUT2D eigenvalue weighted by molar-refractivity contribution is 9.10. The first kappa shape index (κ1) is 16.6. The highest BCUT2D eigenvalue weighted by Crippen LogP contribution is 2.48. The van der Waals surface area contributed by atoms with Crippen LogP contribution < -0.4 is 25.7 Å². The molecule has 120 valence electrons. The minimum atomic E-state index is -0.0443. The van der Waals surface area contributed by atoms with Crippen LogP contribution in [0.5, 0.6) is 17.2 Å². The molecule has 2 rings (SSSR count). The smallest absolute Gasteiger partial charge is 0.222 e. The van der Waals surface area contributed by atoms with E-state index in [4.69, 9.17) is 25.7 Å². The molecule has 2 aromatic rings. The number of benzene rings is 1. The van der Waals surface area contributed by atoms with Crippen LogP contribution in [0.4, 0.5) is 11.8 Å². The van der Waals surface area contributed by atoms with Gasteiger partial charge in [-0.1, -0.05) is 0 Å². The second-order valence-corrected chi connectivity index (χ2v) is 5.10. The largest absolute Gasteiger partial charge is 0.493 e. The van der Waals surface area contributed by atoms with Crippen molar-refractivity contribution < 1.29 is 14.2 Å². The van der Waals surface area contributed by atoms with Crippen LogP contribution in [0.2, 0.25) is 0 Å². The first-order valence-electron chi connectivity index (χ1n) is 6.30. The van der Waals surface area contributed by atoms with Gasteiger partial charge in [0.25, 0.3) is 0 Å². The maximum absolute atomic E-state index is 9.34. The summed E-state index contributed by atoms with van der Waals surface area (Å²) in [6, 6.07) is 3.63. The fraction of sp³-hybridized carbons (Fsp3) is 0.214. The van der Waals surface area contributed by atoms with Gasteiger partial charge < -0.3 is 25.7 Å². The third kappa shape index (κ3) is 2.80. The molecule has 0 aliphatic rings. The minimum absolute atomic E-state index is 0.00403. The molecular weight excluding hydrogens is 366 g/mol. The summed E-state index contributed by atoms with van der Waals surface area (Å²) in [7, 11) is 4.47. The van der Waals surface area contributed by atoms with Crippen LogP contribution in [0.15, 0.2) is 10.5 Å². The quantitative estimate of drug-likeness (QED) is 0.824. The van der Waals surface area contributed by atoms with Crippen molar-refractivity contribution in [1.29, 1.82) is 5.26 Å². The standard InChI is InChI=1S/C14H14BrN5O3/c1-21-8-4-6(9(15)12(23-3)11(8)22-2)10-7(5-16)13(17)20-14(18)19-10/h4H,1-3H3,(H4,17,18,19,20). The van der Waals surface area contributed by atoms with Crippen molar-refractivity contribution >= 4 is 27.7 Å². The normalized spacial score (nSPS) is 10.0. The molecule has 0 saturated heterocycles. The average molecular weight is 380 g/mol. The van der Waals surface area contributed by atoms with Crippen LogP contribution >= 0.6 is 15.9 Å². The summed E-state index contributed by atoms with van der Waals surface area (Å²) in [5.41, 5.74) is 12.3. The Bertz CT molecular complexity index is 804. The van der Waals surface area contributed by atoms with E-state index < -0.39 is 0 Å². The number of halogens is 1. The molecule has 0 spiro atoms. The summed E-state index contributed by atoms with van der Waals surface area (Å²) < 4.78 is 16.5. The molecule has 0 aliphatic carbocycles. The van der Waals surface area contributed by atoms with Crippen molar-refractivity contribution in [1.82, 2.24) is 9.97 Å². The summed E-state index contributed by atoms with van der Waals surface area (Å²) in [5, 5.41) is 9.34. The molecule has 4 N–H and O–H groups in total. The molecule has 0 bridgehead atoms. The number of aromatic nitrogens is 2. The molecule has 0 amide bonds. The van der Waals surface area contributed by atoms with E-state index in [0.29, 0.717) is 27.3 Å². The summed E-state index contributed by atoms with van der Waals surface area (Å²) in [5.74, 6) is 1.15. The zero-order chi connectivity index (χ0) is 17.1. The van der Waals surface area contributed by atoms with Gasteiger partial charge in [0, 0.05) is 5.56 Å². The van der Waals surface area contributed by atoms with E-state index >= 15 is 0 Å². The number of anilines is 2. The number of nitrogens with zero attached hydrogens (tertiary/aromatic N) is 3. The molecule has 1 heterocycles. The highest BCUT2D eigenvalue weighted by atomic mass is 79.9. The number of rotatable bonds is 4. The molecule has 0 saturated carbocycles. The van der Waals surface area contributed by atoms with Gasteiger partial charge in [0.05, 0.1) is 31.5 Å². The SMILES string of the molecule is COc1cc(-c2nc(N)nc(N)c2C#N)c(Br)c(OC)c1OC. The van der Waals surface area contributed by atoms with Crippen LogP contribution in [0.1, 0.15) is 5.56 Å². The van der Waals surface area contributed by atoms with E-state index in [1.165, 1.54) is 21.3 Å². The van der Waals surface area contributed by atoms with Crippen molar-refractivity contribution in [3.05, 3.63) is 16.1 Å². The number of hydrogen-bond donors (Lipinski definition) is 2. The Morgan fingerprint density at radius 3 is 2.26 bits per heavy atom. The van der Waals surface area contributed by atoms with E-state index in [9.17, 15) is 5.26 Å². The lowest BCUT2D eigenvalue weighted by Crippen LogP contribution is -2.06. The van der Waals surface area contributed by atoms with Crippen molar-refractivity contribution in [2.24, 2.45) is 0 Å². The lowest BCUT2D eigenvalue weighted by Gasteiger charge is -2.17. The van der Waals surface area contributed by atoms with Crippen molar-refractivity contribution in [3.63, 3.8) is 0 Å². The zero-order valence-electron chi connectivity index (χ0n) is 12.7. The van der Waals surface area contributed by atoms with E-state index in [1.807, 2.05) is 6.07 Å². The molecule has 0 radical (unpaired) electrons. The molecule has 8 nitrogen and oxygen atoms in total. The Morgan fingerprint density at radius 2 is 1.74 bits per heavy atom. The lowest BCUT2D eigenvalue weighted by atomic mass is 10.1. The summed E-state index contributed by atoms with van der Waals surface area (Å²) >= 11 is 3.43. The van der Waals surface area contributed by atoms with Crippen molar-refractivity contribution in [2.75, 3.05) is 32.8 Å². The Balaban J connectivity index is 2.88. The molecule has 0 atom stereocenters. The lowest BCUT2D eigenvalue weighted by molar-refractivity contribution is 0.323. The zero-order valence-corrected chi connectivity index (χ0v) is 14.3. The van der Waals surface area contributed by atoms with Gasteiger partial charge in [-0.25, -0.2) is 4.98 Å². The number of hydrogen-bond acceptors (Lipinski definition) is 8. The number of ether oxygens (including phenoxy) is 3. The first-order chi connectivity index (χ1) is 11.0. The van der Waals surface area contributed by atoms with Crippen LogP contribution in [0.3, 0.4) is 0 Å². The number of nitriles is 1. The topological polar surface area (TPSA) is 129 Å². The van der Waals surface area contributed by atoms with E-state index in [2.05, 4.69) is 25.9 Å². The van der Waals surface area contributed by atoms with Gasteiger partial charge in [0.1, 0.15) is 17.5 Å². The summed E-state index contributed by atoms with van der Waals surface area (Å²) in [6.07, 6.45) is 0.